The fourth-order valence-corrected chi connectivity index (χ4v) is 6.84. The normalized spacial score (nSPS) is 33.5. The number of carbonyl (C=O) groups excluding carboxylic acids is 3. The van der Waals surface area contributed by atoms with Crippen LogP contribution in [0.2, 0.25) is 0 Å². The summed E-state index contributed by atoms with van der Waals surface area (Å²) in [5.41, 5.74) is 0.548. The summed E-state index contributed by atoms with van der Waals surface area (Å²) in [6.07, 6.45) is 4.18. The van der Waals surface area contributed by atoms with Crippen molar-refractivity contribution in [2.24, 2.45) is 23.7 Å². The first-order valence-electron chi connectivity index (χ1n) is 9.90. The maximum absolute atomic E-state index is 13.0. The summed E-state index contributed by atoms with van der Waals surface area (Å²) < 4.78 is 5.34. The van der Waals surface area contributed by atoms with Crippen LogP contribution in [0.25, 0.3) is 0 Å². The average Bonchev–Trinajstić information content (AvgIpc) is 3.28. The Bertz CT molecular complexity index is 764. The van der Waals surface area contributed by atoms with Crippen LogP contribution in [-0.2, 0) is 14.4 Å². The first kappa shape index (κ1) is 20.1. The molecule has 2 aliphatic carbocycles. The zero-order valence-corrected chi connectivity index (χ0v) is 18.8. The molecule has 2 saturated carbocycles. The van der Waals surface area contributed by atoms with Gasteiger partial charge in [0.05, 0.1) is 17.5 Å². The van der Waals surface area contributed by atoms with Gasteiger partial charge in [0.25, 0.3) is 0 Å². The lowest BCUT2D eigenvalue weighted by Gasteiger charge is -2.28. The molecule has 1 aliphatic heterocycles. The molecular formula is C21H23Br2NO4. The van der Waals surface area contributed by atoms with Crippen molar-refractivity contribution >= 4 is 55.3 Å². The molecule has 2 amide bonds. The van der Waals surface area contributed by atoms with Gasteiger partial charge in [0.2, 0.25) is 11.8 Å². The van der Waals surface area contributed by atoms with E-state index in [1.807, 2.05) is 0 Å². The Morgan fingerprint density at radius 1 is 1.04 bits per heavy atom. The van der Waals surface area contributed by atoms with Crippen LogP contribution in [0.15, 0.2) is 24.3 Å². The van der Waals surface area contributed by atoms with E-state index in [9.17, 15) is 14.4 Å². The minimum atomic E-state index is -0.257. The number of carbonyl (C=O) groups is 3. The van der Waals surface area contributed by atoms with E-state index in [1.165, 1.54) is 4.90 Å². The Morgan fingerprint density at radius 3 is 2.14 bits per heavy atom. The van der Waals surface area contributed by atoms with E-state index >= 15 is 0 Å². The van der Waals surface area contributed by atoms with Gasteiger partial charge in [0.15, 0.2) is 0 Å². The maximum Gasteiger partial charge on any atom is 0.311 e. The Balaban J connectivity index is 1.46. The van der Waals surface area contributed by atoms with Crippen molar-refractivity contribution in [2.45, 2.75) is 48.7 Å². The quantitative estimate of drug-likeness (QED) is 0.186. The van der Waals surface area contributed by atoms with Crippen LogP contribution in [0.3, 0.4) is 0 Å². The number of esters is 1. The molecule has 0 unspecified atom stereocenters. The molecular weight excluding hydrogens is 490 g/mol. The number of fused-ring (bicyclic) bond motifs is 5. The number of benzene rings is 1. The average molecular weight is 513 g/mol. The number of alkyl halides is 2. The molecule has 0 radical (unpaired) electrons. The van der Waals surface area contributed by atoms with E-state index in [2.05, 4.69) is 38.8 Å². The number of anilines is 1. The number of halogens is 2. The third kappa shape index (κ3) is 3.24. The Hall–Kier alpha value is -1.21. The molecule has 5 nitrogen and oxygen atoms in total. The van der Waals surface area contributed by atoms with Crippen molar-refractivity contribution in [3.05, 3.63) is 24.3 Å². The van der Waals surface area contributed by atoms with Gasteiger partial charge in [0, 0.05) is 16.1 Å². The molecule has 3 aliphatic rings. The monoisotopic (exact) mass is 511 g/mol. The standard InChI is InChI=1S/C21H23Br2NO4/c1-2-3-4-5-15(25)28-12-8-6-11(7-9-12)24-20(26)16-13-10-14(17(16)21(24)27)19(23)18(13)22/h6-9,13-14,16-19H,2-5,10H2,1H3/t13-,14-,16-,17-,18-,19+/m0/s1. The van der Waals surface area contributed by atoms with E-state index < -0.39 is 0 Å². The second-order valence-electron chi connectivity index (χ2n) is 7.94. The fourth-order valence-electron chi connectivity index (χ4n) is 4.97. The number of ether oxygens (including phenoxy) is 1. The van der Waals surface area contributed by atoms with Crippen LogP contribution in [0, 0.1) is 23.7 Å². The number of amides is 2. The summed E-state index contributed by atoms with van der Waals surface area (Å²) in [5.74, 6) is -0.0869. The van der Waals surface area contributed by atoms with Gasteiger partial charge in [-0.05, 0) is 48.9 Å². The second kappa shape index (κ2) is 7.90. The molecule has 1 heterocycles. The van der Waals surface area contributed by atoms with Crippen LogP contribution in [0.1, 0.15) is 39.0 Å². The van der Waals surface area contributed by atoms with Crippen LogP contribution < -0.4 is 9.64 Å². The molecule has 0 spiro atoms. The summed E-state index contributed by atoms with van der Waals surface area (Å²) in [6, 6.07) is 6.67. The number of hydrogen-bond acceptors (Lipinski definition) is 4. The van der Waals surface area contributed by atoms with Gasteiger partial charge in [-0.3, -0.25) is 19.3 Å². The zero-order valence-electron chi connectivity index (χ0n) is 15.6. The molecule has 2 bridgehead atoms. The third-order valence-electron chi connectivity index (χ3n) is 6.30. The van der Waals surface area contributed by atoms with Gasteiger partial charge < -0.3 is 4.74 Å². The fraction of sp³-hybridized carbons (Fsp3) is 0.571. The highest BCUT2D eigenvalue weighted by molar-refractivity contribution is 9.12. The summed E-state index contributed by atoms with van der Waals surface area (Å²) in [5, 5.41) is 0. The molecule has 6 atom stereocenters. The first-order chi connectivity index (χ1) is 13.4. The molecule has 1 aromatic rings. The van der Waals surface area contributed by atoms with Gasteiger partial charge in [-0.15, -0.1) is 0 Å². The Labute approximate surface area is 181 Å². The molecule has 4 rings (SSSR count). The smallest absolute Gasteiger partial charge is 0.311 e. The lowest BCUT2D eigenvalue weighted by Crippen LogP contribution is -2.37. The maximum atomic E-state index is 13.0. The van der Waals surface area contributed by atoms with E-state index in [0.717, 1.165) is 25.7 Å². The van der Waals surface area contributed by atoms with Gasteiger partial charge in [-0.1, -0.05) is 51.6 Å². The van der Waals surface area contributed by atoms with Gasteiger partial charge in [-0.25, -0.2) is 0 Å². The highest BCUT2D eigenvalue weighted by Gasteiger charge is 2.66. The number of nitrogens with zero attached hydrogens (tertiary/aromatic N) is 1. The Kier molecular flexibility index (Phi) is 5.67. The lowest BCUT2D eigenvalue weighted by molar-refractivity contribution is -0.134. The highest BCUT2D eigenvalue weighted by Crippen LogP contribution is 2.60. The van der Waals surface area contributed by atoms with Crippen molar-refractivity contribution in [2.75, 3.05) is 4.90 Å². The van der Waals surface area contributed by atoms with Crippen molar-refractivity contribution in [1.82, 2.24) is 0 Å². The van der Waals surface area contributed by atoms with Crippen molar-refractivity contribution in [1.29, 1.82) is 0 Å². The SMILES string of the molecule is CCCCCC(=O)Oc1ccc(N2C(=O)[C@H]3[C@@H]4C[C@H]([C@@H](Br)[C@H]4Br)[C@@H]3C2=O)cc1. The zero-order chi connectivity index (χ0) is 20.0. The van der Waals surface area contributed by atoms with E-state index in [0.29, 0.717) is 17.9 Å². The molecule has 28 heavy (non-hydrogen) atoms. The van der Waals surface area contributed by atoms with Crippen LogP contribution in [-0.4, -0.2) is 27.4 Å². The molecule has 1 aromatic carbocycles. The summed E-state index contributed by atoms with van der Waals surface area (Å²) in [4.78, 5) is 39.7. The molecule has 3 fully saturated rings. The third-order valence-corrected chi connectivity index (χ3v) is 9.50. The first-order valence-corrected chi connectivity index (χ1v) is 11.7. The van der Waals surface area contributed by atoms with Crippen molar-refractivity contribution in [3.8, 4) is 5.75 Å². The number of hydrogen-bond donors (Lipinski definition) is 0. The predicted molar refractivity (Wildman–Crippen MR) is 113 cm³/mol. The number of imide groups is 1. The van der Waals surface area contributed by atoms with Crippen molar-refractivity contribution in [3.63, 3.8) is 0 Å². The Morgan fingerprint density at radius 2 is 1.61 bits per heavy atom. The second-order valence-corrected chi connectivity index (χ2v) is 10.1. The number of unbranched alkanes of at least 4 members (excludes halogenated alkanes) is 2. The topological polar surface area (TPSA) is 63.7 Å². The summed E-state index contributed by atoms with van der Waals surface area (Å²) in [7, 11) is 0. The number of rotatable bonds is 6. The highest BCUT2D eigenvalue weighted by atomic mass is 79.9. The molecule has 150 valence electrons. The minimum absolute atomic E-state index is 0.101. The van der Waals surface area contributed by atoms with Crippen LogP contribution >= 0.6 is 31.9 Å². The summed E-state index contributed by atoms with van der Waals surface area (Å²) in [6.45, 7) is 2.08. The molecule has 1 saturated heterocycles. The van der Waals surface area contributed by atoms with Gasteiger partial charge in [0.1, 0.15) is 5.75 Å². The molecule has 0 aromatic heterocycles. The van der Waals surface area contributed by atoms with E-state index in [-0.39, 0.29) is 51.1 Å². The van der Waals surface area contributed by atoms with Gasteiger partial charge in [-0.2, -0.15) is 0 Å². The summed E-state index contributed by atoms with van der Waals surface area (Å²) >= 11 is 7.40. The molecule has 0 N–H and O–H groups in total. The lowest BCUT2D eigenvalue weighted by atomic mass is 9.81. The van der Waals surface area contributed by atoms with Gasteiger partial charge >= 0.3 is 5.97 Å². The largest absolute Gasteiger partial charge is 0.427 e. The van der Waals surface area contributed by atoms with Crippen LogP contribution in [0.5, 0.6) is 5.75 Å². The minimum Gasteiger partial charge on any atom is -0.427 e. The molecule has 7 heteroatoms. The van der Waals surface area contributed by atoms with Crippen molar-refractivity contribution < 1.29 is 19.1 Å². The van der Waals surface area contributed by atoms with Crippen LogP contribution in [0.4, 0.5) is 5.69 Å². The predicted octanol–water partition coefficient (Wildman–Crippen LogP) is 4.45. The van der Waals surface area contributed by atoms with E-state index in [1.54, 1.807) is 24.3 Å². The van der Waals surface area contributed by atoms with E-state index in [4.69, 9.17) is 4.74 Å².